The number of carboxylic acid groups (broad SMARTS) is 1. The molecule has 122 valence electrons. The molecule has 1 heterocycles. The maximum absolute atomic E-state index is 12.0. The van der Waals surface area contributed by atoms with Crippen molar-refractivity contribution in [2.75, 3.05) is 0 Å². The zero-order valence-corrected chi connectivity index (χ0v) is 13.0. The molecule has 2 aromatic rings. The van der Waals surface area contributed by atoms with Crippen LogP contribution in [0.1, 0.15) is 24.6 Å². The molecule has 1 unspecified atom stereocenters. The number of aryl methyl sites for hydroxylation is 1. The van der Waals surface area contributed by atoms with Gasteiger partial charge in [-0.05, 0) is 12.5 Å². The normalized spacial score (nSPS) is 13.1. The molecule has 1 atom stereocenters. The number of amides is 1. The minimum Gasteiger partial charge on any atom is -0.481 e. The van der Waals surface area contributed by atoms with Crippen LogP contribution < -0.4 is 5.32 Å². The van der Waals surface area contributed by atoms with Crippen LogP contribution in [0.25, 0.3) is 0 Å². The highest BCUT2D eigenvalue weighted by molar-refractivity contribution is 5.73. The van der Waals surface area contributed by atoms with Crippen LogP contribution in [0, 0.1) is 0 Å². The zero-order chi connectivity index (χ0) is 16.9. The summed E-state index contributed by atoms with van der Waals surface area (Å²) in [5.74, 6) is -1.04. The van der Waals surface area contributed by atoms with Gasteiger partial charge in [-0.15, -0.1) is 0 Å². The van der Waals surface area contributed by atoms with Gasteiger partial charge in [-0.2, -0.15) is 0 Å². The molecule has 1 amide bonds. The number of rotatable bonds is 6. The highest BCUT2D eigenvalue weighted by Crippen LogP contribution is 2.23. The third-order valence-electron chi connectivity index (χ3n) is 3.37. The fraction of sp³-hybridized carbons (Fsp3) is 0.312. The molecule has 2 rings (SSSR count). The second-order valence-corrected chi connectivity index (χ2v) is 5.51. The van der Waals surface area contributed by atoms with Crippen molar-refractivity contribution in [2.45, 2.75) is 25.5 Å². The van der Waals surface area contributed by atoms with Gasteiger partial charge < -0.3 is 19.7 Å². The molecule has 0 radical (unpaired) electrons. The van der Waals surface area contributed by atoms with Gasteiger partial charge in [0, 0.05) is 13.2 Å². The number of carbonyl (C=O) groups is 2. The molecule has 0 fully saturated rings. The third-order valence-corrected chi connectivity index (χ3v) is 3.37. The van der Waals surface area contributed by atoms with E-state index in [0.717, 1.165) is 5.56 Å². The number of nitrogens with zero attached hydrogens (tertiary/aromatic N) is 2. The lowest BCUT2D eigenvalue weighted by molar-refractivity contribution is -0.138. The number of hydrogen-bond donors (Lipinski definition) is 2. The first-order valence-electron chi connectivity index (χ1n) is 7.08. The Kier molecular flexibility index (Phi) is 5.00. The van der Waals surface area contributed by atoms with Crippen LogP contribution in [0.2, 0.25) is 0 Å². The summed E-state index contributed by atoms with van der Waals surface area (Å²) in [6.45, 7) is 1.71. The summed E-state index contributed by atoms with van der Waals surface area (Å²) in [4.78, 5) is 27.3. The van der Waals surface area contributed by atoms with Gasteiger partial charge in [0.05, 0.1) is 24.0 Å². The van der Waals surface area contributed by atoms with Gasteiger partial charge in [0.2, 0.25) is 0 Å². The Hall–Kier alpha value is -2.83. The van der Waals surface area contributed by atoms with Crippen LogP contribution in [-0.4, -0.2) is 26.7 Å². The van der Waals surface area contributed by atoms with Gasteiger partial charge in [-0.3, -0.25) is 4.79 Å². The highest BCUT2D eigenvalue weighted by atomic mass is 16.5. The topological polar surface area (TPSA) is 93.5 Å². The first-order valence-corrected chi connectivity index (χ1v) is 7.08. The summed E-state index contributed by atoms with van der Waals surface area (Å²) in [5.41, 5.74) is 0.153. The van der Waals surface area contributed by atoms with Crippen LogP contribution in [0.5, 0.6) is 0 Å². The molecule has 0 bridgehead atoms. The predicted molar refractivity (Wildman–Crippen MR) is 82.6 cm³/mol. The van der Waals surface area contributed by atoms with E-state index in [1.807, 2.05) is 30.3 Å². The molecule has 2 N–H and O–H groups in total. The summed E-state index contributed by atoms with van der Waals surface area (Å²) >= 11 is 0. The second-order valence-electron chi connectivity index (χ2n) is 5.51. The van der Waals surface area contributed by atoms with Crippen molar-refractivity contribution in [2.24, 2.45) is 7.05 Å². The molecule has 0 aliphatic rings. The molecule has 0 spiro atoms. The van der Waals surface area contributed by atoms with Crippen LogP contribution in [-0.2, 0) is 28.7 Å². The monoisotopic (exact) mass is 317 g/mol. The Morgan fingerprint density at radius 1 is 1.35 bits per heavy atom. The van der Waals surface area contributed by atoms with Crippen molar-refractivity contribution in [1.82, 2.24) is 14.9 Å². The van der Waals surface area contributed by atoms with Gasteiger partial charge in [0.25, 0.3) is 0 Å². The van der Waals surface area contributed by atoms with Gasteiger partial charge in [-0.25, -0.2) is 9.78 Å². The predicted octanol–water partition coefficient (Wildman–Crippen LogP) is 2.04. The molecule has 1 aromatic carbocycles. The van der Waals surface area contributed by atoms with Crippen LogP contribution in [0.15, 0.2) is 42.9 Å². The van der Waals surface area contributed by atoms with Crippen LogP contribution in [0.4, 0.5) is 4.79 Å². The standard InChI is InChI=1S/C16H19N3O4/c1-16(8-14(20)21,13-9-19(2)11-17-13)18-15(22)23-10-12-6-4-3-5-7-12/h3-7,9,11H,8,10H2,1-2H3,(H,18,22)(H,20,21). The lowest BCUT2D eigenvalue weighted by Crippen LogP contribution is -2.45. The Morgan fingerprint density at radius 2 is 2.04 bits per heavy atom. The van der Waals surface area contributed by atoms with Crippen molar-refractivity contribution in [3.63, 3.8) is 0 Å². The van der Waals surface area contributed by atoms with Crippen molar-refractivity contribution >= 4 is 12.1 Å². The smallest absolute Gasteiger partial charge is 0.408 e. The van der Waals surface area contributed by atoms with Gasteiger partial charge in [0.15, 0.2) is 0 Å². The fourth-order valence-corrected chi connectivity index (χ4v) is 2.18. The maximum Gasteiger partial charge on any atom is 0.408 e. The van der Waals surface area contributed by atoms with Crippen molar-refractivity contribution in [3.8, 4) is 0 Å². The SMILES string of the molecule is Cn1cnc(C(C)(CC(=O)O)NC(=O)OCc2ccccc2)c1. The Labute approximate surface area is 133 Å². The molecule has 0 aliphatic carbocycles. The molecule has 7 nitrogen and oxygen atoms in total. The lowest BCUT2D eigenvalue weighted by atomic mass is 9.94. The molecule has 23 heavy (non-hydrogen) atoms. The number of carbonyl (C=O) groups excluding carboxylic acids is 1. The quantitative estimate of drug-likeness (QED) is 0.850. The molecule has 0 saturated heterocycles. The van der Waals surface area contributed by atoms with E-state index in [1.54, 1.807) is 31.1 Å². The van der Waals surface area contributed by atoms with E-state index in [-0.39, 0.29) is 13.0 Å². The van der Waals surface area contributed by atoms with E-state index >= 15 is 0 Å². The molecule has 1 aromatic heterocycles. The summed E-state index contributed by atoms with van der Waals surface area (Å²) < 4.78 is 6.84. The molecular weight excluding hydrogens is 298 g/mol. The zero-order valence-electron chi connectivity index (χ0n) is 13.0. The number of imidazole rings is 1. The van der Waals surface area contributed by atoms with Gasteiger partial charge >= 0.3 is 12.1 Å². The number of aromatic nitrogens is 2. The van der Waals surface area contributed by atoms with E-state index < -0.39 is 17.6 Å². The van der Waals surface area contributed by atoms with E-state index in [9.17, 15) is 9.59 Å². The number of aliphatic carboxylic acids is 1. The highest BCUT2D eigenvalue weighted by Gasteiger charge is 2.34. The van der Waals surface area contributed by atoms with E-state index in [2.05, 4.69) is 10.3 Å². The van der Waals surface area contributed by atoms with E-state index in [4.69, 9.17) is 9.84 Å². The number of benzene rings is 1. The Balaban J connectivity index is 2.05. The van der Waals surface area contributed by atoms with Crippen molar-refractivity contribution in [1.29, 1.82) is 0 Å². The first kappa shape index (κ1) is 16.5. The molecule has 7 heteroatoms. The number of hydrogen-bond acceptors (Lipinski definition) is 4. The largest absolute Gasteiger partial charge is 0.481 e. The third kappa shape index (κ3) is 4.57. The average Bonchev–Trinajstić information content (AvgIpc) is 2.93. The molecular formula is C16H19N3O4. The average molecular weight is 317 g/mol. The number of nitrogens with one attached hydrogen (secondary N) is 1. The number of alkyl carbamates (subject to hydrolysis) is 1. The maximum atomic E-state index is 12.0. The minimum absolute atomic E-state index is 0.109. The van der Waals surface area contributed by atoms with E-state index in [0.29, 0.717) is 5.69 Å². The number of carboxylic acids is 1. The Bertz CT molecular complexity index is 684. The molecule has 0 aliphatic heterocycles. The Morgan fingerprint density at radius 3 is 2.61 bits per heavy atom. The van der Waals surface area contributed by atoms with Crippen LogP contribution in [0.3, 0.4) is 0 Å². The van der Waals surface area contributed by atoms with Crippen LogP contribution >= 0.6 is 0 Å². The van der Waals surface area contributed by atoms with Crippen molar-refractivity contribution in [3.05, 3.63) is 54.1 Å². The summed E-state index contributed by atoms with van der Waals surface area (Å²) in [5, 5.41) is 11.7. The second kappa shape index (κ2) is 6.95. The summed E-state index contributed by atoms with van der Waals surface area (Å²) in [6.07, 6.45) is 2.22. The lowest BCUT2D eigenvalue weighted by Gasteiger charge is -2.27. The fourth-order valence-electron chi connectivity index (χ4n) is 2.18. The van der Waals surface area contributed by atoms with E-state index in [1.165, 1.54) is 0 Å². The minimum atomic E-state index is -1.15. The molecule has 0 saturated carbocycles. The van der Waals surface area contributed by atoms with Gasteiger partial charge in [-0.1, -0.05) is 30.3 Å². The first-order chi connectivity index (χ1) is 10.9. The summed E-state index contributed by atoms with van der Waals surface area (Å²) in [7, 11) is 1.77. The summed E-state index contributed by atoms with van der Waals surface area (Å²) in [6, 6.07) is 9.23. The van der Waals surface area contributed by atoms with Gasteiger partial charge in [0.1, 0.15) is 6.61 Å². The number of ether oxygens (including phenoxy) is 1. The van der Waals surface area contributed by atoms with Crippen molar-refractivity contribution < 1.29 is 19.4 Å².